The van der Waals surface area contributed by atoms with E-state index in [1.54, 1.807) is 19.1 Å². The summed E-state index contributed by atoms with van der Waals surface area (Å²) < 4.78 is 10.5. The Balaban J connectivity index is 1.89. The van der Waals surface area contributed by atoms with Gasteiger partial charge in [-0.2, -0.15) is 0 Å². The first kappa shape index (κ1) is 14.0. The zero-order valence-electron chi connectivity index (χ0n) is 10.9. The molecular formula is C13H18N2O3S. The summed E-state index contributed by atoms with van der Waals surface area (Å²) >= 11 is 1.32. The number of hydrogen-bond donors (Lipinski definition) is 1. The summed E-state index contributed by atoms with van der Waals surface area (Å²) in [6, 6.07) is 3.53. The van der Waals surface area contributed by atoms with Crippen molar-refractivity contribution in [2.24, 2.45) is 5.92 Å². The van der Waals surface area contributed by atoms with E-state index in [9.17, 15) is 4.79 Å². The Bertz CT molecular complexity index is 450. The molecule has 6 heteroatoms. The molecule has 19 heavy (non-hydrogen) atoms. The fourth-order valence-electron chi connectivity index (χ4n) is 1.45. The zero-order chi connectivity index (χ0) is 13.7. The number of hydrogen-bond acceptors (Lipinski definition) is 6. The highest BCUT2D eigenvalue weighted by Crippen LogP contribution is 2.31. The van der Waals surface area contributed by atoms with Crippen LogP contribution in [-0.2, 0) is 9.53 Å². The quantitative estimate of drug-likeness (QED) is 0.610. The molecule has 1 aliphatic rings. The van der Waals surface area contributed by atoms with Gasteiger partial charge >= 0.3 is 5.97 Å². The number of anilines is 1. The molecule has 1 aliphatic carbocycles. The molecule has 2 N–H and O–H groups in total. The van der Waals surface area contributed by atoms with Gasteiger partial charge in [-0.3, -0.25) is 4.79 Å². The molecule has 0 aliphatic heterocycles. The van der Waals surface area contributed by atoms with Crippen molar-refractivity contribution in [3.63, 3.8) is 0 Å². The van der Waals surface area contributed by atoms with Gasteiger partial charge in [0.25, 0.3) is 0 Å². The lowest BCUT2D eigenvalue weighted by Crippen LogP contribution is -2.07. The van der Waals surface area contributed by atoms with Gasteiger partial charge in [0.15, 0.2) is 0 Å². The molecule has 0 atom stereocenters. The number of pyridine rings is 1. The molecule has 1 saturated carbocycles. The fraction of sp³-hybridized carbons (Fsp3) is 0.538. The standard InChI is InChI=1S/C13H18N2O3S/c1-2-17-12(16)8-19-11-6-5-10(14)13(15-11)18-7-9-3-4-9/h5-6,9H,2-4,7-8,14H2,1H3. The third-order valence-corrected chi connectivity index (χ3v) is 3.56. The van der Waals surface area contributed by atoms with Crippen LogP contribution in [0.3, 0.4) is 0 Å². The molecule has 0 aromatic carbocycles. The Morgan fingerprint density at radius 3 is 3.00 bits per heavy atom. The maximum atomic E-state index is 11.3. The van der Waals surface area contributed by atoms with Crippen molar-refractivity contribution in [2.45, 2.75) is 24.8 Å². The van der Waals surface area contributed by atoms with E-state index in [4.69, 9.17) is 15.2 Å². The van der Waals surface area contributed by atoms with Crippen molar-refractivity contribution < 1.29 is 14.3 Å². The average molecular weight is 282 g/mol. The van der Waals surface area contributed by atoms with Crippen LogP contribution in [0.5, 0.6) is 5.88 Å². The molecular weight excluding hydrogens is 264 g/mol. The molecule has 2 rings (SSSR count). The van der Waals surface area contributed by atoms with Gasteiger partial charge in [-0.15, -0.1) is 0 Å². The molecule has 1 heterocycles. The maximum Gasteiger partial charge on any atom is 0.316 e. The number of ether oxygens (including phenoxy) is 2. The number of nitrogens with two attached hydrogens (primary N) is 1. The largest absolute Gasteiger partial charge is 0.476 e. The van der Waals surface area contributed by atoms with Crippen molar-refractivity contribution in [3.05, 3.63) is 12.1 Å². The van der Waals surface area contributed by atoms with Gasteiger partial charge in [0, 0.05) is 0 Å². The molecule has 0 spiro atoms. The van der Waals surface area contributed by atoms with Gasteiger partial charge in [0.1, 0.15) is 5.03 Å². The van der Waals surface area contributed by atoms with Gasteiger partial charge in [-0.1, -0.05) is 11.8 Å². The normalized spacial score (nSPS) is 14.2. The minimum Gasteiger partial charge on any atom is -0.476 e. The second-order valence-electron chi connectivity index (χ2n) is 4.39. The summed E-state index contributed by atoms with van der Waals surface area (Å²) in [4.78, 5) is 15.6. The van der Waals surface area contributed by atoms with Crippen molar-refractivity contribution >= 4 is 23.4 Å². The minimum absolute atomic E-state index is 0.243. The first-order chi connectivity index (χ1) is 9.19. The predicted octanol–water partition coefficient (Wildman–Crippen LogP) is 2.11. The molecule has 1 aromatic rings. The summed E-state index contributed by atoms with van der Waals surface area (Å²) in [6.07, 6.45) is 2.44. The van der Waals surface area contributed by atoms with Crippen LogP contribution < -0.4 is 10.5 Å². The van der Waals surface area contributed by atoms with Crippen LogP contribution >= 0.6 is 11.8 Å². The molecule has 0 unspecified atom stereocenters. The smallest absolute Gasteiger partial charge is 0.316 e. The predicted molar refractivity (Wildman–Crippen MR) is 74.2 cm³/mol. The van der Waals surface area contributed by atoms with Crippen LogP contribution in [0.25, 0.3) is 0 Å². The number of rotatable bonds is 7. The number of nitrogen functional groups attached to an aromatic ring is 1. The van der Waals surface area contributed by atoms with Crippen molar-refractivity contribution in [1.82, 2.24) is 4.98 Å². The minimum atomic E-state index is -0.244. The van der Waals surface area contributed by atoms with Gasteiger partial charge < -0.3 is 15.2 Å². The lowest BCUT2D eigenvalue weighted by molar-refractivity contribution is -0.139. The fourth-order valence-corrected chi connectivity index (χ4v) is 2.11. The van der Waals surface area contributed by atoms with E-state index in [-0.39, 0.29) is 11.7 Å². The Morgan fingerprint density at radius 2 is 2.32 bits per heavy atom. The third-order valence-electron chi connectivity index (χ3n) is 2.66. The van der Waals surface area contributed by atoms with E-state index in [1.807, 2.05) is 0 Å². The van der Waals surface area contributed by atoms with E-state index < -0.39 is 0 Å². The van der Waals surface area contributed by atoms with E-state index in [0.717, 1.165) is 0 Å². The average Bonchev–Trinajstić information content (AvgIpc) is 3.21. The molecule has 104 valence electrons. The monoisotopic (exact) mass is 282 g/mol. The molecule has 0 radical (unpaired) electrons. The summed E-state index contributed by atoms with van der Waals surface area (Å²) in [5, 5.41) is 0.716. The molecule has 1 fully saturated rings. The van der Waals surface area contributed by atoms with Crippen LogP contribution in [0.4, 0.5) is 5.69 Å². The van der Waals surface area contributed by atoms with Crippen molar-refractivity contribution in [2.75, 3.05) is 24.7 Å². The van der Waals surface area contributed by atoms with E-state index >= 15 is 0 Å². The first-order valence-corrected chi connectivity index (χ1v) is 7.35. The highest BCUT2D eigenvalue weighted by atomic mass is 32.2. The summed E-state index contributed by atoms with van der Waals surface area (Å²) in [5.74, 6) is 1.11. The van der Waals surface area contributed by atoms with Crippen LogP contribution in [0.2, 0.25) is 0 Å². The topological polar surface area (TPSA) is 74.4 Å². The summed E-state index contributed by atoms with van der Waals surface area (Å²) in [7, 11) is 0. The van der Waals surface area contributed by atoms with E-state index in [2.05, 4.69) is 4.98 Å². The molecule has 0 amide bonds. The number of esters is 1. The van der Waals surface area contributed by atoms with Gasteiger partial charge in [0.05, 0.1) is 24.7 Å². The van der Waals surface area contributed by atoms with Gasteiger partial charge in [-0.05, 0) is 37.8 Å². The molecule has 0 saturated heterocycles. The van der Waals surface area contributed by atoms with Crippen LogP contribution in [0, 0.1) is 5.92 Å². The second kappa shape index (κ2) is 6.65. The van der Waals surface area contributed by atoms with Crippen molar-refractivity contribution in [3.8, 4) is 5.88 Å². The first-order valence-electron chi connectivity index (χ1n) is 6.36. The molecule has 1 aromatic heterocycles. The van der Waals surface area contributed by atoms with Gasteiger partial charge in [-0.25, -0.2) is 4.98 Å². The van der Waals surface area contributed by atoms with E-state index in [1.165, 1.54) is 24.6 Å². The highest BCUT2D eigenvalue weighted by Gasteiger charge is 2.22. The highest BCUT2D eigenvalue weighted by molar-refractivity contribution is 7.99. The van der Waals surface area contributed by atoms with Crippen LogP contribution in [0.15, 0.2) is 17.2 Å². The zero-order valence-corrected chi connectivity index (χ0v) is 11.7. The van der Waals surface area contributed by atoms with Gasteiger partial charge in [0.2, 0.25) is 5.88 Å². The Morgan fingerprint density at radius 1 is 1.53 bits per heavy atom. The van der Waals surface area contributed by atoms with E-state index in [0.29, 0.717) is 35.7 Å². The number of aromatic nitrogens is 1. The lowest BCUT2D eigenvalue weighted by atomic mass is 10.4. The number of carbonyl (C=O) groups excluding carboxylic acids is 1. The second-order valence-corrected chi connectivity index (χ2v) is 5.39. The third kappa shape index (κ3) is 4.63. The Kier molecular flexibility index (Phi) is 4.90. The lowest BCUT2D eigenvalue weighted by Gasteiger charge is -2.08. The summed E-state index contributed by atoms with van der Waals surface area (Å²) in [6.45, 7) is 2.85. The Hall–Kier alpha value is -1.43. The number of carbonyl (C=O) groups is 1. The maximum absolute atomic E-state index is 11.3. The van der Waals surface area contributed by atoms with Crippen LogP contribution in [-0.4, -0.2) is 29.9 Å². The SMILES string of the molecule is CCOC(=O)CSc1ccc(N)c(OCC2CC2)n1. The molecule has 0 bridgehead atoms. The number of nitrogens with zero attached hydrogens (tertiary/aromatic N) is 1. The Labute approximate surface area is 116 Å². The van der Waals surface area contributed by atoms with Crippen LogP contribution in [0.1, 0.15) is 19.8 Å². The molecule has 5 nitrogen and oxygen atoms in total. The summed E-state index contributed by atoms with van der Waals surface area (Å²) in [5.41, 5.74) is 6.34. The van der Waals surface area contributed by atoms with Crippen molar-refractivity contribution in [1.29, 1.82) is 0 Å². The number of thioether (sulfide) groups is 1.